The first kappa shape index (κ1) is 21.2. The summed E-state index contributed by atoms with van der Waals surface area (Å²) in [5, 5.41) is 0. The maximum absolute atomic E-state index is 14.0. The Balaban J connectivity index is 1.52. The van der Waals surface area contributed by atoms with E-state index in [9.17, 15) is 18.4 Å². The predicted molar refractivity (Wildman–Crippen MR) is 109 cm³/mol. The van der Waals surface area contributed by atoms with E-state index in [0.717, 1.165) is 54.5 Å². The van der Waals surface area contributed by atoms with Gasteiger partial charge in [0.15, 0.2) is 17.9 Å². The van der Waals surface area contributed by atoms with E-state index in [2.05, 4.69) is 20.8 Å². The average molecular weight is 467 g/mol. The maximum atomic E-state index is 14.0. The van der Waals surface area contributed by atoms with Gasteiger partial charge in [-0.2, -0.15) is 0 Å². The van der Waals surface area contributed by atoms with Crippen molar-refractivity contribution in [1.29, 1.82) is 0 Å². The molecule has 1 aliphatic heterocycles. The van der Waals surface area contributed by atoms with Gasteiger partial charge in [-0.15, -0.1) is 0 Å². The highest BCUT2D eigenvalue weighted by atomic mass is 79.9. The largest absolute Gasteiger partial charge is 0.490 e. The molecule has 154 valence electrons. The minimum Gasteiger partial charge on any atom is -0.490 e. The number of carbonyl (C=O) groups excluding carboxylic acids is 2. The molecule has 0 spiro atoms. The minimum atomic E-state index is -1.03. The molecular formula is C21H21BrF2N2O3. The van der Waals surface area contributed by atoms with Crippen LogP contribution in [0.1, 0.15) is 40.0 Å². The highest BCUT2D eigenvalue weighted by Crippen LogP contribution is 2.31. The van der Waals surface area contributed by atoms with Crippen molar-refractivity contribution >= 4 is 33.8 Å². The first-order valence-electron chi connectivity index (χ1n) is 9.31. The third kappa shape index (κ3) is 4.93. The molecule has 1 heterocycles. The second-order valence-corrected chi connectivity index (χ2v) is 7.84. The van der Waals surface area contributed by atoms with Crippen LogP contribution in [0.25, 0.3) is 0 Å². The quantitative estimate of drug-likeness (QED) is 0.616. The Bertz CT molecular complexity index is 915. The lowest BCUT2D eigenvalue weighted by Gasteiger charge is -2.34. The molecule has 1 amide bonds. The highest BCUT2D eigenvalue weighted by molar-refractivity contribution is 9.10. The van der Waals surface area contributed by atoms with Crippen LogP contribution in [0.2, 0.25) is 0 Å². The third-order valence-corrected chi connectivity index (χ3v) is 5.87. The number of amides is 1. The fourth-order valence-electron chi connectivity index (χ4n) is 3.54. The number of ether oxygens (including phenoxy) is 1. The molecule has 8 heteroatoms. The molecule has 0 bridgehead atoms. The Hall–Kier alpha value is -2.48. The molecule has 0 aromatic heterocycles. The number of benzene rings is 2. The summed E-state index contributed by atoms with van der Waals surface area (Å²) in [6.07, 6.45) is 3.37. The number of rotatable bonds is 7. The van der Waals surface area contributed by atoms with Crippen LogP contribution in [0.5, 0.6) is 5.75 Å². The van der Waals surface area contributed by atoms with Gasteiger partial charge >= 0.3 is 0 Å². The Labute approximate surface area is 176 Å². The van der Waals surface area contributed by atoms with Gasteiger partial charge < -0.3 is 15.4 Å². The zero-order chi connectivity index (χ0) is 21.0. The van der Waals surface area contributed by atoms with Crippen LogP contribution < -0.4 is 15.4 Å². The van der Waals surface area contributed by atoms with Gasteiger partial charge in [0.1, 0.15) is 5.82 Å². The van der Waals surface area contributed by atoms with Crippen molar-refractivity contribution in [3.05, 3.63) is 57.6 Å². The average Bonchev–Trinajstić information content (AvgIpc) is 2.70. The standard InChI is InChI=1S/C21H21BrF2N2O3/c22-16-2-1-3-19(15(16)12-27)26-7-4-13(5-8-26)6-9-29-20-11-17(23)14(21(25)28)10-18(20)24/h1-3,10-13H,4-9H2,(H2,25,28). The number of nitrogens with two attached hydrogens (primary N) is 1. The lowest BCUT2D eigenvalue weighted by molar-refractivity contribution is 0.0995. The van der Waals surface area contributed by atoms with E-state index in [4.69, 9.17) is 10.5 Å². The second-order valence-electron chi connectivity index (χ2n) is 6.98. The number of hydrogen-bond donors (Lipinski definition) is 1. The van der Waals surface area contributed by atoms with E-state index in [1.165, 1.54) is 0 Å². The van der Waals surface area contributed by atoms with Crippen LogP contribution >= 0.6 is 15.9 Å². The molecule has 1 fully saturated rings. The molecule has 2 aromatic carbocycles. The summed E-state index contributed by atoms with van der Waals surface area (Å²) in [5.74, 6) is -2.58. The van der Waals surface area contributed by atoms with Gasteiger partial charge in [-0.05, 0) is 59.3 Å². The van der Waals surface area contributed by atoms with Crippen LogP contribution in [0.4, 0.5) is 14.5 Å². The zero-order valence-corrected chi connectivity index (χ0v) is 17.3. The van der Waals surface area contributed by atoms with Gasteiger partial charge in [0.2, 0.25) is 0 Å². The fraction of sp³-hybridized carbons (Fsp3) is 0.333. The lowest BCUT2D eigenvalue weighted by atomic mass is 9.93. The minimum absolute atomic E-state index is 0.227. The fourth-order valence-corrected chi connectivity index (χ4v) is 3.99. The van der Waals surface area contributed by atoms with Crippen molar-refractivity contribution in [2.75, 3.05) is 24.6 Å². The summed E-state index contributed by atoms with van der Waals surface area (Å²) in [4.78, 5) is 24.6. The molecule has 0 atom stereocenters. The van der Waals surface area contributed by atoms with E-state index in [1.807, 2.05) is 18.2 Å². The van der Waals surface area contributed by atoms with Crippen molar-refractivity contribution in [1.82, 2.24) is 0 Å². The van der Waals surface area contributed by atoms with E-state index in [0.29, 0.717) is 17.9 Å². The van der Waals surface area contributed by atoms with Crippen LogP contribution in [0.3, 0.4) is 0 Å². The highest BCUT2D eigenvalue weighted by Gasteiger charge is 2.22. The van der Waals surface area contributed by atoms with Crippen molar-refractivity contribution in [3.63, 3.8) is 0 Å². The molecule has 2 aromatic rings. The number of aldehydes is 1. The second kappa shape index (κ2) is 9.35. The summed E-state index contributed by atoms with van der Waals surface area (Å²) in [7, 11) is 0. The van der Waals surface area contributed by atoms with Crippen LogP contribution in [-0.4, -0.2) is 31.9 Å². The van der Waals surface area contributed by atoms with E-state index in [1.54, 1.807) is 0 Å². The van der Waals surface area contributed by atoms with Crippen molar-refractivity contribution in [2.24, 2.45) is 11.7 Å². The Morgan fingerprint density at radius 2 is 1.97 bits per heavy atom. The summed E-state index contributed by atoms with van der Waals surface area (Å²) in [6, 6.07) is 7.30. The van der Waals surface area contributed by atoms with Crippen LogP contribution in [0, 0.1) is 17.6 Å². The number of carbonyl (C=O) groups is 2. The topological polar surface area (TPSA) is 72.6 Å². The maximum Gasteiger partial charge on any atom is 0.251 e. The molecule has 1 aliphatic rings. The Morgan fingerprint density at radius 3 is 2.62 bits per heavy atom. The number of piperidine rings is 1. The van der Waals surface area contributed by atoms with Crippen molar-refractivity contribution in [3.8, 4) is 5.75 Å². The zero-order valence-electron chi connectivity index (χ0n) is 15.7. The summed E-state index contributed by atoms with van der Waals surface area (Å²) in [5.41, 5.74) is 6.06. The molecule has 2 N–H and O–H groups in total. The summed E-state index contributed by atoms with van der Waals surface area (Å²) < 4.78 is 33.9. The van der Waals surface area contributed by atoms with Crippen LogP contribution in [-0.2, 0) is 0 Å². The first-order chi connectivity index (χ1) is 13.9. The van der Waals surface area contributed by atoms with Gasteiger partial charge in [-0.3, -0.25) is 9.59 Å². The molecule has 0 saturated carbocycles. The first-order valence-corrected chi connectivity index (χ1v) is 10.1. The van der Waals surface area contributed by atoms with E-state index < -0.39 is 23.1 Å². The van der Waals surface area contributed by atoms with Gasteiger partial charge in [-0.25, -0.2) is 8.78 Å². The summed E-state index contributed by atoms with van der Waals surface area (Å²) >= 11 is 3.41. The molecule has 0 radical (unpaired) electrons. The number of hydrogen-bond acceptors (Lipinski definition) is 4. The van der Waals surface area contributed by atoms with E-state index in [-0.39, 0.29) is 12.4 Å². The molecule has 0 aliphatic carbocycles. The number of anilines is 1. The van der Waals surface area contributed by atoms with Crippen LogP contribution in [0.15, 0.2) is 34.8 Å². The van der Waals surface area contributed by atoms with Gasteiger partial charge in [-0.1, -0.05) is 6.07 Å². The molecule has 3 rings (SSSR count). The molecule has 1 saturated heterocycles. The third-order valence-electron chi connectivity index (χ3n) is 5.17. The SMILES string of the molecule is NC(=O)c1cc(F)c(OCCC2CCN(c3cccc(Br)c3C=O)CC2)cc1F. The van der Waals surface area contributed by atoms with Gasteiger partial charge in [0.05, 0.1) is 17.7 Å². The molecule has 0 unspecified atom stereocenters. The monoisotopic (exact) mass is 466 g/mol. The molecule has 5 nitrogen and oxygen atoms in total. The van der Waals surface area contributed by atoms with E-state index >= 15 is 0 Å². The van der Waals surface area contributed by atoms with Gasteiger partial charge in [0.25, 0.3) is 5.91 Å². The lowest BCUT2D eigenvalue weighted by Crippen LogP contribution is -2.34. The smallest absolute Gasteiger partial charge is 0.251 e. The molecular weight excluding hydrogens is 446 g/mol. The summed E-state index contributed by atoms with van der Waals surface area (Å²) in [6.45, 7) is 1.85. The number of nitrogens with zero attached hydrogens (tertiary/aromatic N) is 1. The number of halogens is 3. The Morgan fingerprint density at radius 1 is 1.24 bits per heavy atom. The predicted octanol–water partition coefficient (Wildman–Crippen LogP) is 4.32. The normalized spacial score (nSPS) is 14.7. The van der Waals surface area contributed by atoms with Crippen molar-refractivity contribution < 1.29 is 23.1 Å². The van der Waals surface area contributed by atoms with Gasteiger partial charge in [0, 0.05) is 29.3 Å². The van der Waals surface area contributed by atoms with Crippen molar-refractivity contribution in [2.45, 2.75) is 19.3 Å². The Kier molecular flexibility index (Phi) is 6.84. The molecule has 29 heavy (non-hydrogen) atoms. The number of primary amides is 1.